The maximum absolute atomic E-state index is 12.8. The molecule has 1 aromatic carbocycles. The first-order chi connectivity index (χ1) is 13.8. The van der Waals surface area contributed by atoms with E-state index in [1.165, 1.54) is 11.6 Å². The van der Waals surface area contributed by atoms with E-state index in [1.807, 2.05) is 38.1 Å². The molecule has 0 bridgehead atoms. The topological polar surface area (TPSA) is 103 Å². The fraction of sp³-hybridized carbons (Fsp3) is 0.450. The molecule has 0 fully saturated rings. The number of aromatic nitrogens is 4. The van der Waals surface area contributed by atoms with E-state index in [0.717, 1.165) is 16.6 Å². The van der Waals surface area contributed by atoms with Crippen molar-refractivity contribution in [1.82, 2.24) is 18.7 Å². The highest BCUT2D eigenvalue weighted by atomic mass is 16.5. The van der Waals surface area contributed by atoms with Gasteiger partial charge in [-0.3, -0.25) is 13.9 Å². The van der Waals surface area contributed by atoms with E-state index in [9.17, 15) is 14.7 Å². The van der Waals surface area contributed by atoms with Gasteiger partial charge < -0.3 is 19.7 Å². The van der Waals surface area contributed by atoms with E-state index in [1.54, 1.807) is 11.6 Å². The Morgan fingerprint density at radius 1 is 1.17 bits per heavy atom. The Balaban J connectivity index is 1.92. The summed E-state index contributed by atoms with van der Waals surface area (Å²) in [6.07, 6.45) is -0.0167. The highest BCUT2D eigenvalue weighted by molar-refractivity contribution is 5.74. The Hall–Kier alpha value is -3.07. The summed E-state index contributed by atoms with van der Waals surface area (Å²) < 4.78 is 9.65. The van der Waals surface area contributed by atoms with Crippen molar-refractivity contribution < 1.29 is 9.84 Å². The zero-order chi connectivity index (χ0) is 21.1. The molecule has 0 aliphatic rings. The summed E-state index contributed by atoms with van der Waals surface area (Å²) in [6, 6.07) is 7.55. The summed E-state index contributed by atoms with van der Waals surface area (Å²) in [4.78, 5) is 29.4. The van der Waals surface area contributed by atoms with Gasteiger partial charge in [0.1, 0.15) is 18.5 Å². The highest BCUT2D eigenvalue weighted by Crippen LogP contribution is 2.17. The van der Waals surface area contributed by atoms with Crippen LogP contribution in [-0.4, -0.2) is 43.0 Å². The van der Waals surface area contributed by atoms with E-state index in [4.69, 9.17) is 4.74 Å². The molecule has 9 heteroatoms. The zero-order valence-electron chi connectivity index (χ0n) is 17.2. The largest absolute Gasteiger partial charge is 0.491 e. The molecule has 1 atom stereocenters. The third kappa shape index (κ3) is 4.19. The maximum atomic E-state index is 12.8. The third-order valence-corrected chi connectivity index (χ3v) is 4.74. The van der Waals surface area contributed by atoms with Gasteiger partial charge in [-0.1, -0.05) is 24.6 Å². The lowest BCUT2D eigenvalue weighted by Gasteiger charge is -2.16. The summed E-state index contributed by atoms with van der Waals surface area (Å²) >= 11 is 0. The number of benzene rings is 1. The average Bonchev–Trinajstić information content (AvgIpc) is 3.07. The first-order valence-corrected chi connectivity index (χ1v) is 9.61. The number of aliphatic hydroxyl groups excluding tert-OH is 1. The molecular formula is C20H27N5O4. The lowest BCUT2D eigenvalue weighted by molar-refractivity contribution is 0.0938. The summed E-state index contributed by atoms with van der Waals surface area (Å²) in [7, 11) is 3.00. The predicted octanol–water partition coefficient (Wildman–Crippen LogP) is 1.00. The first-order valence-electron chi connectivity index (χ1n) is 9.61. The van der Waals surface area contributed by atoms with Crippen LogP contribution >= 0.6 is 0 Å². The van der Waals surface area contributed by atoms with E-state index in [0.29, 0.717) is 18.2 Å². The summed E-state index contributed by atoms with van der Waals surface area (Å²) in [5, 5.41) is 13.7. The lowest BCUT2D eigenvalue weighted by Crippen LogP contribution is -2.38. The van der Waals surface area contributed by atoms with Crippen molar-refractivity contribution in [3.63, 3.8) is 0 Å². The van der Waals surface area contributed by atoms with Gasteiger partial charge >= 0.3 is 5.69 Å². The lowest BCUT2D eigenvalue weighted by atomic mass is 10.2. The van der Waals surface area contributed by atoms with Gasteiger partial charge in [-0.2, -0.15) is 4.98 Å². The average molecular weight is 401 g/mol. The minimum Gasteiger partial charge on any atom is -0.491 e. The maximum Gasteiger partial charge on any atom is 0.332 e. The Kier molecular flexibility index (Phi) is 6.07. The van der Waals surface area contributed by atoms with Crippen LogP contribution in [0.1, 0.15) is 18.9 Å². The van der Waals surface area contributed by atoms with E-state index in [-0.39, 0.29) is 24.3 Å². The monoisotopic (exact) mass is 401 g/mol. The van der Waals surface area contributed by atoms with Crippen LogP contribution in [0.2, 0.25) is 0 Å². The minimum atomic E-state index is -0.877. The number of anilines is 1. The number of fused-ring (bicyclic) bond motifs is 1. The Morgan fingerprint density at radius 3 is 2.52 bits per heavy atom. The van der Waals surface area contributed by atoms with Gasteiger partial charge in [0.25, 0.3) is 5.56 Å². The van der Waals surface area contributed by atoms with Crippen molar-refractivity contribution in [3.8, 4) is 5.75 Å². The summed E-state index contributed by atoms with van der Waals surface area (Å²) in [6.45, 7) is 4.80. The van der Waals surface area contributed by atoms with Crippen molar-refractivity contribution in [2.45, 2.75) is 32.9 Å². The molecule has 156 valence electrons. The molecule has 2 heterocycles. The minimum absolute atomic E-state index is 0.0576. The van der Waals surface area contributed by atoms with Gasteiger partial charge in [0, 0.05) is 20.6 Å². The predicted molar refractivity (Wildman–Crippen MR) is 112 cm³/mol. The molecule has 0 aliphatic carbocycles. The number of aryl methyl sites for hydroxylation is 2. The highest BCUT2D eigenvalue weighted by Gasteiger charge is 2.21. The first kappa shape index (κ1) is 20.7. The number of hydrogen-bond donors (Lipinski definition) is 2. The number of nitrogens with one attached hydrogen (secondary N) is 1. The molecule has 0 aliphatic heterocycles. The van der Waals surface area contributed by atoms with Crippen LogP contribution in [0.15, 0.2) is 33.9 Å². The van der Waals surface area contributed by atoms with Crippen molar-refractivity contribution in [3.05, 3.63) is 50.7 Å². The van der Waals surface area contributed by atoms with Crippen LogP contribution < -0.4 is 21.3 Å². The van der Waals surface area contributed by atoms with E-state index >= 15 is 0 Å². The zero-order valence-corrected chi connectivity index (χ0v) is 17.2. The molecule has 0 saturated carbocycles. The normalized spacial score (nSPS) is 12.3. The second-order valence-corrected chi connectivity index (χ2v) is 7.13. The smallest absolute Gasteiger partial charge is 0.332 e. The molecule has 3 aromatic rings. The summed E-state index contributed by atoms with van der Waals surface area (Å²) in [5.74, 6) is 1.10. The van der Waals surface area contributed by atoms with Crippen LogP contribution in [-0.2, 0) is 20.6 Å². The summed E-state index contributed by atoms with van der Waals surface area (Å²) in [5.41, 5.74) is 0.770. The van der Waals surface area contributed by atoms with Crippen LogP contribution in [0.25, 0.3) is 11.2 Å². The van der Waals surface area contributed by atoms with Gasteiger partial charge in [0.15, 0.2) is 11.2 Å². The quantitative estimate of drug-likeness (QED) is 0.584. The number of rotatable bonds is 8. The number of ether oxygens (including phenoxy) is 1. The Morgan fingerprint density at radius 2 is 1.86 bits per heavy atom. The van der Waals surface area contributed by atoms with Gasteiger partial charge in [-0.25, -0.2) is 4.79 Å². The van der Waals surface area contributed by atoms with Crippen LogP contribution in [0.5, 0.6) is 5.75 Å². The van der Waals surface area contributed by atoms with Gasteiger partial charge in [0.2, 0.25) is 5.95 Å². The third-order valence-electron chi connectivity index (χ3n) is 4.74. The molecule has 2 aromatic heterocycles. The standard InChI is InChI=1S/C20H27N5O4/c1-5-10-21-19-22-17-16(18(27)24(4)20(28)23(17)3)25(19)11-14(26)12-29-15-8-6-13(2)7-9-15/h6-9,14,26H,5,10-12H2,1-4H3,(H,21,22). The van der Waals surface area contributed by atoms with Crippen molar-refractivity contribution in [2.24, 2.45) is 14.1 Å². The molecule has 9 nitrogen and oxygen atoms in total. The number of hydrogen-bond acceptors (Lipinski definition) is 6. The van der Waals surface area contributed by atoms with Gasteiger partial charge in [-0.05, 0) is 25.5 Å². The molecule has 0 saturated heterocycles. The molecular weight excluding hydrogens is 374 g/mol. The second-order valence-electron chi connectivity index (χ2n) is 7.13. The fourth-order valence-corrected chi connectivity index (χ4v) is 3.09. The van der Waals surface area contributed by atoms with Gasteiger partial charge in [-0.15, -0.1) is 0 Å². The van der Waals surface area contributed by atoms with Crippen LogP contribution in [0, 0.1) is 6.92 Å². The number of nitrogens with zero attached hydrogens (tertiary/aromatic N) is 4. The SMILES string of the molecule is CCCNc1nc2c(c(=O)n(C)c(=O)n2C)n1CC(O)COc1ccc(C)cc1. The molecule has 0 radical (unpaired) electrons. The Bertz CT molecular complexity index is 1110. The molecule has 3 rings (SSSR count). The van der Waals surface area contributed by atoms with Crippen LogP contribution in [0.4, 0.5) is 5.95 Å². The Labute approximate surface area is 168 Å². The molecule has 1 unspecified atom stereocenters. The molecule has 29 heavy (non-hydrogen) atoms. The molecule has 0 amide bonds. The number of imidazole rings is 1. The van der Waals surface area contributed by atoms with E-state index < -0.39 is 17.4 Å². The van der Waals surface area contributed by atoms with Crippen molar-refractivity contribution in [2.75, 3.05) is 18.5 Å². The number of aliphatic hydroxyl groups is 1. The van der Waals surface area contributed by atoms with Gasteiger partial charge in [0.05, 0.1) is 6.54 Å². The van der Waals surface area contributed by atoms with Crippen LogP contribution in [0.3, 0.4) is 0 Å². The second kappa shape index (κ2) is 8.52. The van der Waals surface area contributed by atoms with E-state index in [2.05, 4.69) is 10.3 Å². The van der Waals surface area contributed by atoms with Crippen molar-refractivity contribution >= 4 is 17.1 Å². The fourth-order valence-electron chi connectivity index (χ4n) is 3.09. The molecule has 0 spiro atoms. The van der Waals surface area contributed by atoms with Crippen molar-refractivity contribution in [1.29, 1.82) is 0 Å². The molecule has 2 N–H and O–H groups in total.